The Hall–Kier alpha value is -2.65. The number of hydrogen-bond acceptors (Lipinski definition) is 5. The summed E-state index contributed by atoms with van der Waals surface area (Å²) in [6.07, 6.45) is 4.51. The van der Waals surface area contributed by atoms with Gasteiger partial charge < -0.3 is 9.64 Å². The van der Waals surface area contributed by atoms with Crippen LogP contribution < -0.4 is 9.64 Å². The Labute approximate surface area is 177 Å². The van der Waals surface area contributed by atoms with E-state index in [0.717, 1.165) is 71.7 Å². The monoisotopic (exact) mass is 408 g/mol. The lowest BCUT2D eigenvalue weighted by molar-refractivity contribution is 0.415. The highest BCUT2D eigenvalue weighted by molar-refractivity contribution is 7.22. The van der Waals surface area contributed by atoms with E-state index in [2.05, 4.69) is 23.6 Å². The van der Waals surface area contributed by atoms with Gasteiger partial charge in [0.2, 0.25) is 5.00 Å². The van der Waals surface area contributed by atoms with Gasteiger partial charge in [0.05, 0.1) is 13.7 Å². The van der Waals surface area contributed by atoms with Crippen LogP contribution in [0.15, 0.2) is 24.3 Å². The highest BCUT2D eigenvalue weighted by Crippen LogP contribution is 2.41. The molecule has 0 aliphatic rings. The number of benzene rings is 1. The second-order valence-electron chi connectivity index (χ2n) is 7.12. The van der Waals surface area contributed by atoms with E-state index in [-0.39, 0.29) is 0 Å². The van der Waals surface area contributed by atoms with E-state index in [1.807, 2.05) is 31.2 Å². The zero-order valence-electron chi connectivity index (χ0n) is 17.7. The van der Waals surface area contributed by atoms with Gasteiger partial charge in [-0.2, -0.15) is 0 Å². The van der Waals surface area contributed by atoms with Crippen LogP contribution in [0, 0.1) is 13.5 Å². The Morgan fingerprint density at radius 2 is 1.72 bits per heavy atom. The molecule has 29 heavy (non-hydrogen) atoms. The molecule has 0 spiro atoms. The van der Waals surface area contributed by atoms with Crippen LogP contribution in [-0.4, -0.2) is 30.2 Å². The number of methoxy groups -OCH3 is 1. The van der Waals surface area contributed by atoms with Gasteiger partial charge in [0.15, 0.2) is 5.82 Å². The van der Waals surface area contributed by atoms with E-state index in [0.29, 0.717) is 10.8 Å². The number of anilines is 1. The Kier molecular flexibility index (Phi) is 7.05. The number of fused-ring (bicyclic) bond motifs is 1. The second-order valence-corrected chi connectivity index (χ2v) is 8.10. The number of nitrogens with zero attached hydrogens (tertiary/aromatic N) is 4. The van der Waals surface area contributed by atoms with Crippen molar-refractivity contribution in [1.82, 2.24) is 9.97 Å². The SMILES string of the molecule is [C-]#[N+]c1sc2nc(-c3ccc(OC)cc3)nc(N(CCCC)CCCC)c2c1C. The lowest BCUT2D eigenvalue weighted by Gasteiger charge is -2.25. The highest BCUT2D eigenvalue weighted by Gasteiger charge is 2.20. The Balaban J connectivity index is 2.17. The Morgan fingerprint density at radius 3 is 2.28 bits per heavy atom. The van der Waals surface area contributed by atoms with Gasteiger partial charge in [-0.05, 0) is 49.6 Å². The standard InChI is InChI=1S/C23H28N4OS/c1-6-8-14-27(15-9-7-2)21-19-16(3)22(24-4)29-23(19)26-20(25-21)17-10-12-18(28-5)13-11-17/h10-13H,6-9,14-15H2,1-3,5H3. The first kappa shape index (κ1) is 21.1. The van der Waals surface area contributed by atoms with Gasteiger partial charge in [-0.15, -0.1) is 11.3 Å². The van der Waals surface area contributed by atoms with Crippen molar-refractivity contribution in [3.8, 4) is 17.1 Å². The van der Waals surface area contributed by atoms with Gasteiger partial charge in [-0.1, -0.05) is 26.7 Å². The maximum absolute atomic E-state index is 7.54. The summed E-state index contributed by atoms with van der Waals surface area (Å²) in [4.78, 5) is 16.8. The summed E-state index contributed by atoms with van der Waals surface area (Å²) in [7, 11) is 1.66. The molecule has 0 atom stereocenters. The summed E-state index contributed by atoms with van der Waals surface area (Å²) in [6.45, 7) is 15.9. The summed E-state index contributed by atoms with van der Waals surface area (Å²) >= 11 is 1.46. The van der Waals surface area contributed by atoms with E-state index in [4.69, 9.17) is 21.3 Å². The molecule has 0 aliphatic heterocycles. The fourth-order valence-electron chi connectivity index (χ4n) is 3.33. The first-order valence-corrected chi connectivity index (χ1v) is 11.0. The average molecular weight is 409 g/mol. The molecule has 0 aliphatic carbocycles. The largest absolute Gasteiger partial charge is 0.497 e. The molecule has 0 bridgehead atoms. The predicted molar refractivity (Wildman–Crippen MR) is 122 cm³/mol. The van der Waals surface area contributed by atoms with Crippen molar-refractivity contribution >= 4 is 32.4 Å². The number of unbranched alkanes of at least 4 members (excludes halogenated alkanes) is 2. The van der Waals surface area contributed by atoms with Crippen LogP contribution in [0.25, 0.3) is 26.4 Å². The molecule has 6 heteroatoms. The third-order valence-corrected chi connectivity index (χ3v) is 6.14. The topological polar surface area (TPSA) is 42.6 Å². The molecule has 0 saturated heterocycles. The number of aryl methyl sites for hydroxylation is 1. The van der Waals surface area contributed by atoms with Crippen molar-refractivity contribution in [3.05, 3.63) is 41.2 Å². The molecule has 2 heterocycles. The van der Waals surface area contributed by atoms with Crippen LogP contribution in [0.2, 0.25) is 0 Å². The maximum Gasteiger partial charge on any atom is 0.246 e. The molecule has 3 aromatic rings. The minimum atomic E-state index is 0.700. The van der Waals surface area contributed by atoms with Gasteiger partial charge in [0, 0.05) is 24.0 Å². The summed E-state index contributed by atoms with van der Waals surface area (Å²) in [5, 5.41) is 1.74. The lowest BCUT2D eigenvalue weighted by Crippen LogP contribution is -2.27. The number of thiophene rings is 1. The van der Waals surface area contributed by atoms with Crippen LogP contribution in [-0.2, 0) is 0 Å². The highest BCUT2D eigenvalue weighted by atomic mass is 32.1. The quantitative estimate of drug-likeness (QED) is 0.373. The van der Waals surface area contributed by atoms with Gasteiger partial charge >= 0.3 is 0 Å². The van der Waals surface area contributed by atoms with E-state index in [1.165, 1.54) is 11.3 Å². The molecular weight excluding hydrogens is 380 g/mol. The minimum absolute atomic E-state index is 0.700. The summed E-state index contributed by atoms with van der Waals surface area (Å²) < 4.78 is 5.28. The molecule has 3 rings (SSSR count). The Morgan fingerprint density at radius 1 is 1.07 bits per heavy atom. The summed E-state index contributed by atoms with van der Waals surface area (Å²) in [6, 6.07) is 7.84. The molecule has 0 fully saturated rings. The molecule has 2 aromatic heterocycles. The van der Waals surface area contributed by atoms with E-state index in [9.17, 15) is 0 Å². The molecule has 0 N–H and O–H groups in total. The number of aromatic nitrogens is 2. The molecular formula is C23H28N4OS. The zero-order valence-corrected chi connectivity index (χ0v) is 18.5. The van der Waals surface area contributed by atoms with Gasteiger partial charge in [0.25, 0.3) is 0 Å². The van der Waals surface area contributed by atoms with Crippen LogP contribution >= 0.6 is 11.3 Å². The molecule has 152 valence electrons. The van der Waals surface area contributed by atoms with E-state index in [1.54, 1.807) is 7.11 Å². The van der Waals surface area contributed by atoms with Crippen molar-refractivity contribution in [2.45, 2.75) is 46.5 Å². The van der Waals surface area contributed by atoms with Crippen molar-refractivity contribution in [3.63, 3.8) is 0 Å². The van der Waals surface area contributed by atoms with Crippen LogP contribution in [0.1, 0.15) is 45.1 Å². The normalized spacial score (nSPS) is 10.9. The summed E-state index contributed by atoms with van der Waals surface area (Å²) in [5.74, 6) is 2.47. The third-order valence-electron chi connectivity index (χ3n) is 5.06. The number of ether oxygens (including phenoxy) is 1. The second kappa shape index (κ2) is 9.71. The predicted octanol–water partition coefficient (Wildman–Crippen LogP) is 6.63. The van der Waals surface area contributed by atoms with Gasteiger partial charge in [-0.25, -0.2) is 14.8 Å². The first-order valence-electron chi connectivity index (χ1n) is 10.2. The van der Waals surface area contributed by atoms with E-state index < -0.39 is 0 Å². The minimum Gasteiger partial charge on any atom is -0.497 e. The summed E-state index contributed by atoms with van der Waals surface area (Å²) in [5.41, 5.74) is 1.95. The zero-order chi connectivity index (χ0) is 20.8. The fraction of sp³-hybridized carbons (Fsp3) is 0.435. The molecule has 5 nitrogen and oxygen atoms in total. The Bertz CT molecular complexity index is 996. The lowest BCUT2D eigenvalue weighted by atomic mass is 10.1. The molecule has 0 unspecified atom stereocenters. The molecule has 0 amide bonds. The van der Waals surface area contributed by atoms with Crippen LogP contribution in [0.3, 0.4) is 0 Å². The maximum atomic E-state index is 7.54. The van der Waals surface area contributed by atoms with Crippen LogP contribution in [0.5, 0.6) is 5.75 Å². The smallest absolute Gasteiger partial charge is 0.246 e. The average Bonchev–Trinajstić information content (AvgIpc) is 3.09. The van der Waals surface area contributed by atoms with Gasteiger partial charge in [0.1, 0.15) is 16.4 Å². The third kappa shape index (κ3) is 4.51. The number of hydrogen-bond donors (Lipinski definition) is 0. The molecule has 0 radical (unpaired) electrons. The van der Waals surface area contributed by atoms with Crippen molar-refractivity contribution in [2.75, 3.05) is 25.1 Å². The molecule has 0 saturated carbocycles. The number of rotatable bonds is 9. The van der Waals surface area contributed by atoms with Crippen molar-refractivity contribution in [2.24, 2.45) is 0 Å². The molecule has 1 aromatic carbocycles. The van der Waals surface area contributed by atoms with E-state index >= 15 is 0 Å². The first-order chi connectivity index (χ1) is 14.1. The van der Waals surface area contributed by atoms with Crippen molar-refractivity contribution in [1.29, 1.82) is 0 Å². The van der Waals surface area contributed by atoms with Crippen LogP contribution in [0.4, 0.5) is 10.8 Å². The fourth-order valence-corrected chi connectivity index (χ4v) is 4.29. The van der Waals surface area contributed by atoms with Crippen molar-refractivity contribution < 1.29 is 4.74 Å². The van der Waals surface area contributed by atoms with Gasteiger partial charge in [-0.3, -0.25) is 0 Å².